The van der Waals surface area contributed by atoms with Crippen LogP contribution in [0.25, 0.3) is 0 Å². The average molecular weight is 358 g/mol. The van der Waals surface area contributed by atoms with Gasteiger partial charge in [-0.3, -0.25) is 0 Å². The van der Waals surface area contributed by atoms with Crippen molar-refractivity contribution in [3.63, 3.8) is 0 Å². The van der Waals surface area contributed by atoms with Crippen LogP contribution in [0, 0.1) is 11.5 Å². The van der Waals surface area contributed by atoms with Gasteiger partial charge in [-0.1, -0.05) is 36.0 Å². The second kappa shape index (κ2) is 10.6. The van der Waals surface area contributed by atoms with E-state index in [0.717, 1.165) is 29.6 Å². The highest BCUT2D eigenvalue weighted by Gasteiger charge is 2.04. The molecule has 0 saturated heterocycles. The number of anilines is 2. The van der Waals surface area contributed by atoms with Crippen molar-refractivity contribution in [2.45, 2.75) is 5.75 Å². The Morgan fingerprint density at radius 2 is 2.08 bits per heavy atom. The molecule has 2 aromatic rings. The Morgan fingerprint density at radius 1 is 1.25 bits per heavy atom. The van der Waals surface area contributed by atoms with Crippen molar-refractivity contribution < 1.29 is 0 Å². The van der Waals surface area contributed by atoms with E-state index in [2.05, 4.69) is 26.7 Å². The molecule has 7 heteroatoms. The van der Waals surface area contributed by atoms with Gasteiger partial charge < -0.3 is 10.6 Å². The number of nitrogens with zero attached hydrogens (tertiary/aromatic N) is 3. The van der Waals surface area contributed by atoms with Gasteiger partial charge in [0.25, 0.3) is 0 Å². The molecule has 2 rings (SSSR count). The fourth-order valence-corrected chi connectivity index (χ4v) is 3.16. The third kappa shape index (κ3) is 6.14. The third-order valence-corrected chi connectivity index (χ3v) is 4.68. The lowest BCUT2D eigenvalue weighted by Crippen LogP contribution is -2.22. The SMILES string of the molecule is CS/C(=N\C#N)NCCSCc1cccnc1Nc1ccccc1. The van der Waals surface area contributed by atoms with E-state index in [4.69, 9.17) is 5.26 Å². The number of para-hydroxylation sites is 1. The fraction of sp³-hybridized carbons (Fsp3) is 0.235. The minimum Gasteiger partial charge on any atom is -0.363 e. The average Bonchev–Trinajstić information content (AvgIpc) is 2.62. The maximum Gasteiger partial charge on any atom is 0.208 e. The first-order valence-electron chi connectivity index (χ1n) is 7.42. The van der Waals surface area contributed by atoms with Crippen LogP contribution in [0.2, 0.25) is 0 Å². The summed E-state index contributed by atoms with van der Waals surface area (Å²) in [4.78, 5) is 8.14. The lowest BCUT2D eigenvalue weighted by Gasteiger charge is -2.11. The zero-order valence-electron chi connectivity index (χ0n) is 13.4. The summed E-state index contributed by atoms with van der Waals surface area (Å²) >= 11 is 3.25. The van der Waals surface area contributed by atoms with E-state index < -0.39 is 0 Å². The predicted molar refractivity (Wildman–Crippen MR) is 105 cm³/mol. The molecule has 5 nitrogen and oxygen atoms in total. The summed E-state index contributed by atoms with van der Waals surface area (Å²) < 4.78 is 0. The van der Waals surface area contributed by atoms with Gasteiger partial charge in [-0.2, -0.15) is 17.0 Å². The largest absolute Gasteiger partial charge is 0.363 e. The maximum atomic E-state index is 8.56. The Kier molecular flexibility index (Phi) is 8.01. The Morgan fingerprint density at radius 3 is 2.83 bits per heavy atom. The Bertz CT molecular complexity index is 698. The highest BCUT2D eigenvalue weighted by molar-refractivity contribution is 8.13. The molecular weight excluding hydrogens is 338 g/mol. The number of amidine groups is 1. The number of benzene rings is 1. The second-order valence-electron chi connectivity index (χ2n) is 4.70. The minimum absolute atomic E-state index is 0.658. The number of hydrogen-bond acceptors (Lipinski definition) is 6. The van der Waals surface area contributed by atoms with Crippen LogP contribution in [-0.2, 0) is 5.75 Å². The number of rotatable bonds is 7. The van der Waals surface area contributed by atoms with Crippen LogP contribution in [-0.4, -0.2) is 28.7 Å². The molecule has 0 aliphatic heterocycles. The molecule has 124 valence electrons. The first kappa shape index (κ1) is 18.2. The molecular formula is C17H19N5S2. The van der Waals surface area contributed by atoms with Crippen molar-refractivity contribution in [2.75, 3.05) is 23.9 Å². The van der Waals surface area contributed by atoms with E-state index >= 15 is 0 Å². The monoisotopic (exact) mass is 357 g/mol. The van der Waals surface area contributed by atoms with Crippen LogP contribution in [0.4, 0.5) is 11.5 Å². The van der Waals surface area contributed by atoms with Gasteiger partial charge in [0, 0.05) is 35.5 Å². The first-order chi connectivity index (χ1) is 11.8. The summed E-state index contributed by atoms with van der Waals surface area (Å²) in [5.41, 5.74) is 2.20. The number of thioether (sulfide) groups is 2. The lowest BCUT2D eigenvalue weighted by molar-refractivity contribution is 0.991. The summed E-state index contributed by atoms with van der Waals surface area (Å²) in [6, 6.07) is 14.1. The van der Waals surface area contributed by atoms with Crippen molar-refractivity contribution in [3.05, 3.63) is 54.2 Å². The van der Waals surface area contributed by atoms with Crippen LogP contribution in [0.3, 0.4) is 0 Å². The van der Waals surface area contributed by atoms with E-state index in [1.165, 1.54) is 17.3 Å². The molecule has 0 fully saturated rings. The predicted octanol–water partition coefficient (Wildman–Crippen LogP) is 3.85. The maximum absolute atomic E-state index is 8.56. The van der Waals surface area contributed by atoms with Crippen LogP contribution >= 0.6 is 23.5 Å². The number of nitriles is 1. The highest BCUT2D eigenvalue weighted by Crippen LogP contribution is 2.22. The zero-order valence-corrected chi connectivity index (χ0v) is 15.0. The molecule has 0 radical (unpaired) electrons. The second-order valence-corrected chi connectivity index (χ2v) is 6.60. The lowest BCUT2D eigenvalue weighted by atomic mass is 10.2. The van der Waals surface area contributed by atoms with Crippen molar-refractivity contribution >= 4 is 40.2 Å². The van der Waals surface area contributed by atoms with Gasteiger partial charge >= 0.3 is 0 Å². The van der Waals surface area contributed by atoms with Gasteiger partial charge in [-0.25, -0.2) is 4.98 Å². The van der Waals surface area contributed by atoms with Crippen molar-refractivity contribution in [2.24, 2.45) is 4.99 Å². The zero-order chi connectivity index (χ0) is 17.0. The van der Waals surface area contributed by atoms with Crippen molar-refractivity contribution in [1.29, 1.82) is 5.26 Å². The molecule has 1 aromatic heterocycles. The molecule has 2 N–H and O–H groups in total. The summed E-state index contributed by atoms with van der Waals surface area (Å²) in [5.74, 6) is 2.68. The molecule has 0 unspecified atom stereocenters. The topological polar surface area (TPSA) is 73.1 Å². The number of nitrogens with one attached hydrogen (secondary N) is 2. The van der Waals surface area contributed by atoms with Crippen LogP contribution in [0.15, 0.2) is 53.7 Å². The van der Waals surface area contributed by atoms with Crippen molar-refractivity contribution in [1.82, 2.24) is 10.3 Å². The molecule has 0 spiro atoms. The standard InChI is InChI=1S/C17H19N5S2/c1-23-17(21-13-18)20-10-11-24-12-14-6-5-9-19-16(14)22-15-7-3-2-4-8-15/h2-9H,10-12H2,1H3,(H,19,22)(H,20,21). The Hall–Kier alpha value is -2.17. The van der Waals surface area contributed by atoms with Crippen LogP contribution in [0.1, 0.15) is 5.56 Å². The molecule has 0 amide bonds. The van der Waals surface area contributed by atoms with Crippen LogP contribution in [0.5, 0.6) is 0 Å². The van der Waals surface area contributed by atoms with E-state index in [9.17, 15) is 0 Å². The number of aliphatic imine (C=N–C) groups is 1. The highest BCUT2D eigenvalue weighted by atomic mass is 32.2. The van der Waals surface area contributed by atoms with E-state index in [1.54, 1.807) is 12.4 Å². The summed E-state index contributed by atoms with van der Waals surface area (Å²) in [6.07, 6.45) is 5.49. The molecule has 0 bridgehead atoms. The summed E-state index contributed by atoms with van der Waals surface area (Å²) in [6.45, 7) is 0.772. The van der Waals surface area contributed by atoms with E-state index in [0.29, 0.717) is 5.17 Å². The molecule has 1 aromatic carbocycles. The van der Waals surface area contributed by atoms with Gasteiger partial charge in [0.2, 0.25) is 6.19 Å². The van der Waals surface area contributed by atoms with E-state index in [-0.39, 0.29) is 0 Å². The summed E-state index contributed by atoms with van der Waals surface area (Å²) in [5, 5.41) is 15.7. The molecule has 0 aliphatic rings. The Labute approximate surface area is 151 Å². The fourth-order valence-electron chi connectivity index (χ4n) is 1.94. The number of pyridine rings is 1. The first-order valence-corrected chi connectivity index (χ1v) is 9.79. The minimum atomic E-state index is 0.658. The third-order valence-electron chi connectivity index (χ3n) is 3.05. The normalized spacial score (nSPS) is 10.9. The molecule has 1 heterocycles. The van der Waals surface area contributed by atoms with Gasteiger partial charge in [0.1, 0.15) is 5.82 Å². The van der Waals surface area contributed by atoms with Gasteiger partial charge in [0.05, 0.1) is 0 Å². The quantitative estimate of drug-likeness (QED) is 0.339. The number of aromatic nitrogens is 1. The Balaban J connectivity index is 1.83. The summed E-state index contributed by atoms with van der Waals surface area (Å²) in [7, 11) is 0. The van der Waals surface area contributed by atoms with E-state index in [1.807, 2.05) is 54.4 Å². The van der Waals surface area contributed by atoms with Crippen LogP contribution < -0.4 is 10.6 Å². The molecule has 0 aliphatic carbocycles. The van der Waals surface area contributed by atoms with Crippen molar-refractivity contribution in [3.8, 4) is 6.19 Å². The molecule has 0 atom stereocenters. The molecule has 0 saturated carbocycles. The number of hydrogen-bond donors (Lipinski definition) is 2. The molecule has 24 heavy (non-hydrogen) atoms. The van der Waals surface area contributed by atoms with Gasteiger partial charge in [-0.05, 0) is 24.5 Å². The van der Waals surface area contributed by atoms with Gasteiger partial charge in [0.15, 0.2) is 5.17 Å². The smallest absolute Gasteiger partial charge is 0.208 e. The van der Waals surface area contributed by atoms with Gasteiger partial charge in [-0.15, -0.1) is 4.99 Å².